The van der Waals surface area contributed by atoms with Crippen LogP contribution in [0.4, 0.5) is 10.1 Å². The van der Waals surface area contributed by atoms with Gasteiger partial charge in [-0.2, -0.15) is 0 Å². The fourth-order valence-corrected chi connectivity index (χ4v) is 4.00. The second-order valence-electron chi connectivity index (χ2n) is 8.44. The summed E-state index contributed by atoms with van der Waals surface area (Å²) in [5.41, 5.74) is 1.38. The highest BCUT2D eigenvalue weighted by atomic mass is 19.1. The highest BCUT2D eigenvalue weighted by Gasteiger charge is 2.34. The van der Waals surface area contributed by atoms with Crippen LogP contribution in [0.25, 0.3) is 0 Å². The molecule has 1 N–H and O–H groups in total. The molecule has 0 radical (unpaired) electrons. The highest BCUT2D eigenvalue weighted by molar-refractivity contribution is 6.05. The molecule has 8 nitrogen and oxygen atoms in total. The number of benzene rings is 2. The minimum atomic E-state index is -0.820. The third-order valence-corrected chi connectivity index (χ3v) is 5.90. The Bertz CT molecular complexity index is 1100. The number of hydrogen-bond donors (Lipinski definition) is 1. The number of nitrogens with one attached hydrogen (secondary N) is 1. The number of nitrogens with zero attached hydrogens (tertiary/aromatic N) is 1. The van der Waals surface area contributed by atoms with Gasteiger partial charge in [-0.15, -0.1) is 0 Å². The second-order valence-corrected chi connectivity index (χ2v) is 8.44. The van der Waals surface area contributed by atoms with Crippen molar-refractivity contribution in [3.8, 4) is 11.5 Å². The van der Waals surface area contributed by atoms with E-state index in [1.165, 1.54) is 23.1 Å². The minimum absolute atomic E-state index is 0.0111. The van der Waals surface area contributed by atoms with Gasteiger partial charge in [0.05, 0.1) is 11.8 Å². The van der Waals surface area contributed by atoms with Crippen LogP contribution in [0, 0.1) is 12.7 Å². The van der Waals surface area contributed by atoms with Crippen LogP contribution in [0.2, 0.25) is 0 Å². The number of halogens is 1. The zero-order valence-electron chi connectivity index (χ0n) is 19.1. The predicted molar refractivity (Wildman–Crippen MR) is 122 cm³/mol. The Balaban J connectivity index is 1.48. The molecule has 2 amide bonds. The lowest BCUT2D eigenvalue weighted by Gasteiger charge is -2.33. The summed E-state index contributed by atoms with van der Waals surface area (Å²) in [6.45, 7) is 3.88. The minimum Gasteiger partial charge on any atom is -0.482 e. The molecule has 34 heavy (non-hydrogen) atoms. The van der Waals surface area contributed by atoms with Crippen molar-refractivity contribution >= 4 is 23.3 Å². The zero-order valence-corrected chi connectivity index (χ0v) is 19.1. The Morgan fingerprint density at radius 1 is 1.26 bits per heavy atom. The van der Waals surface area contributed by atoms with Crippen LogP contribution in [0.3, 0.4) is 0 Å². The largest absolute Gasteiger partial charge is 0.482 e. The molecule has 2 aromatic carbocycles. The van der Waals surface area contributed by atoms with Crippen LogP contribution < -0.4 is 19.7 Å². The molecular weight excluding hydrogens is 443 g/mol. The summed E-state index contributed by atoms with van der Waals surface area (Å²) in [6.07, 6.45) is 1.82. The fraction of sp³-hybridized carbons (Fsp3) is 0.400. The first-order valence-electron chi connectivity index (χ1n) is 11.2. The first-order valence-corrected chi connectivity index (χ1v) is 11.2. The number of ether oxygens (including phenoxy) is 3. The zero-order chi connectivity index (χ0) is 24.2. The smallest absolute Gasteiger partial charge is 0.265 e. The van der Waals surface area contributed by atoms with E-state index in [1.807, 2.05) is 0 Å². The molecule has 2 heterocycles. The van der Waals surface area contributed by atoms with Crippen molar-refractivity contribution in [2.24, 2.45) is 0 Å². The predicted octanol–water partition coefficient (Wildman–Crippen LogP) is 2.80. The number of Topliss-reactive ketones (excluding diaryl/α,β-unsaturated/α-hetero) is 1. The van der Waals surface area contributed by atoms with Gasteiger partial charge in [-0.25, -0.2) is 4.39 Å². The summed E-state index contributed by atoms with van der Waals surface area (Å²) < 4.78 is 30.3. The molecule has 9 heteroatoms. The molecule has 1 saturated heterocycles. The van der Waals surface area contributed by atoms with Crippen LogP contribution >= 0.6 is 0 Å². The van der Waals surface area contributed by atoms with Crippen molar-refractivity contribution in [1.29, 1.82) is 0 Å². The molecule has 0 aliphatic carbocycles. The molecule has 0 saturated carbocycles. The Kier molecular flexibility index (Phi) is 7.12. The summed E-state index contributed by atoms with van der Waals surface area (Å²) >= 11 is 0. The van der Waals surface area contributed by atoms with Crippen molar-refractivity contribution in [1.82, 2.24) is 5.32 Å². The van der Waals surface area contributed by atoms with Gasteiger partial charge in [0.25, 0.3) is 5.91 Å². The van der Waals surface area contributed by atoms with Gasteiger partial charge in [0, 0.05) is 18.7 Å². The van der Waals surface area contributed by atoms with E-state index in [0.29, 0.717) is 24.6 Å². The summed E-state index contributed by atoms with van der Waals surface area (Å²) in [4.78, 5) is 39.5. The summed E-state index contributed by atoms with van der Waals surface area (Å²) in [5.74, 6) is -1.31. The number of ketones is 1. The van der Waals surface area contributed by atoms with E-state index in [2.05, 4.69) is 5.32 Å². The van der Waals surface area contributed by atoms with E-state index in [-0.39, 0.29) is 36.5 Å². The lowest BCUT2D eigenvalue weighted by atomic mass is 10.1. The fourth-order valence-electron chi connectivity index (χ4n) is 4.00. The van der Waals surface area contributed by atoms with E-state index < -0.39 is 23.5 Å². The van der Waals surface area contributed by atoms with Crippen LogP contribution in [0.1, 0.15) is 35.7 Å². The van der Waals surface area contributed by atoms with E-state index in [4.69, 9.17) is 14.2 Å². The Morgan fingerprint density at radius 2 is 2.09 bits per heavy atom. The Hall–Kier alpha value is -3.46. The van der Waals surface area contributed by atoms with Crippen LogP contribution in [-0.2, 0) is 14.3 Å². The van der Waals surface area contributed by atoms with Crippen molar-refractivity contribution in [2.45, 2.75) is 38.8 Å². The molecule has 2 unspecified atom stereocenters. The second kappa shape index (κ2) is 10.2. The van der Waals surface area contributed by atoms with Gasteiger partial charge in [-0.1, -0.05) is 6.07 Å². The van der Waals surface area contributed by atoms with Crippen molar-refractivity contribution in [3.05, 3.63) is 53.3 Å². The molecule has 1 fully saturated rings. The van der Waals surface area contributed by atoms with Gasteiger partial charge in [0.1, 0.15) is 11.8 Å². The van der Waals surface area contributed by atoms with E-state index >= 15 is 0 Å². The number of rotatable bonds is 8. The number of hydrogen-bond acceptors (Lipinski definition) is 6. The molecule has 2 aromatic rings. The third kappa shape index (κ3) is 5.20. The van der Waals surface area contributed by atoms with Gasteiger partial charge in [0.15, 0.2) is 30.6 Å². The number of aryl methyl sites for hydroxylation is 1. The summed E-state index contributed by atoms with van der Waals surface area (Å²) in [5, 5.41) is 2.84. The maximum absolute atomic E-state index is 13.9. The van der Waals surface area contributed by atoms with Gasteiger partial charge >= 0.3 is 0 Å². The van der Waals surface area contributed by atoms with Crippen LogP contribution in [0.5, 0.6) is 11.5 Å². The van der Waals surface area contributed by atoms with Gasteiger partial charge < -0.3 is 19.5 Å². The van der Waals surface area contributed by atoms with Crippen LogP contribution in [0.15, 0.2) is 36.4 Å². The number of anilines is 1. The summed E-state index contributed by atoms with van der Waals surface area (Å²) in [7, 11) is 0. The molecule has 4 rings (SSSR count). The van der Waals surface area contributed by atoms with Gasteiger partial charge in [0.2, 0.25) is 5.91 Å². The maximum atomic E-state index is 13.9. The SMILES string of the molecule is Cc1ccc(F)c(OCC(=O)c2ccc3c(c2)N(C(C)C(=O)NCC2CCCO2)C(=O)CO3)c1. The first kappa shape index (κ1) is 23.7. The lowest BCUT2D eigenvalue weighted by molar-refractivity contribution is -0.127. The Morgan fingerprint density at radius 3 is 2.85 bits per heavy atom. The molecule has 180 valence electrons. The molecule has 0 spiro atoms. The number of carbonyl (C=O) groups excluding carboxylic acids is 3. The molecule has 2 aliphatic rings. The molecule has 2 atom stereocenters. The highest BCUT2D eigenvalue weighted by Crippen LogP contribution is 2.34. The maximum Gasteiger partial charge on any atom is 0.265 e. The number of carbonyl (C=O) groups is 3. The topological polar surface area (TPSA) is 94.2 Å². The monoisotopic (exact) mass is 470 g/mol. The number of fused-ring (bicyclic) bond motifs is 1. The summed E-state index contributed by atoms with van der Waals surface area (Å²) in [6, 6.07) is 8.20. The average Bonchev–Trinajstić information content (AvgIpc) is 3.35. The Labute approximate surface area is 197 Å². The third-order valence-electron chi connectivity index (χ3n) is 5.90. The van der Waals surface area contributed by atoms with E-state index in [1.54, 1.807) is 32.0 Å². The number of amides is 2. The molecular formula is C25H27FN2O6. The molecule has 2 aliphatic heterocycles. The van der Waals surface area contributed by atoms with Crippen molar-refractivity contribution in [2.75, 3.05) is 31.3 Å². The average molecular weight is 470 g/mol. The van der Waals surface area contributed by atoms with Crippen LogP contribution in [-0.4, -0.2) is 56.1 Å². The van der Waals surface area contributed by atoms with Gasteiger partial charge in [-0.05, 0) is 62.6 Å². The first-order chi connectivity index (χ1) is 16.3. The molecule has 0 aromatic heterocycles. The lowest BCUT2D eigenvalue weighted by Crippen LogP contribution is -2.52. The standard InChI is InChI=1S/C25H27FN2O6/c1-15-5-7-19(26)23(10-15)33-13-21(29)17-6-8-22-20(11-17)28(24(30)14-34-22)16(2)25(31)27-12-18-4-3-9-32-18/h5-8,10-11,16,18H,3-4,9,12-14H2,1-2H3,(H,27,31). The van der Waals surface area contributed by atoms with Crippen molar-refractivity contribution in [3.63, 3.8) is 0 Å². The van der Waals surface area contributed by atoms with E-state index in [9.17, 15) is 18.8 Å². The molecule has 0 bridgehead atoms. The van der Waals surface area contributed by atoms with Crippen molar-refractivity contribution < 1.29 is 33.0 Å². The quantitative estimate of drug-likeness (QED) is 0.597. The van der Waals surface area contributed by atoms with E-state index in [0.717, 1.165) is 18.4 Å². The normalized spacial score (nSPS) is 18.1. The van der Waals surface area contributed by atoms with Gasteiger partial charge in [-0.3, -0.25) is 19.3 Å².